The van der Waals surface area contributed by atoms with Gasteiger partial charge in [-0.3, -0.25) is 0 Å². The first kappa shape index (κ1) is 10.2. The van der Waals surface area contributed by atoms with Crippen molar-refractivity contribution in [2.24, 2.45) is 0 Å². The first-order valence-electron chi connectivity index (χ1n) is 4.94. The molecule has 2 rings (SSSR count). The van der Waals surface area contributed by atoms with Gasteiger partial charge in [-0.2, -0.15) is 5.26 Å². The summed E-state index contributed by atoms with van der Waals surface area (Å²) in [5, 5.41) is 18.8. The number of aromatic nitrogens is 1. The van der Waals surface area contributed by atoms with E-state index in [-0.39, 0.29) is 5.69 Å². The zero-order valence-electron chi connectivity index (χ0n) is 8.77. The van der Waals surface area contributed by atoms with Gasteiger partial charge in [0.05, 0.1) is 11.1 Å². The minimum Gasteiger partial charge on any atom is -0.477 e. The van der Waals surface area contributed by atoms with Crippen LogP contribution < -0.4 is 0 Å². The number of hydrogen-bond acceptors (Lipinski definition) is 2. The van der Waals surface area contributed by atoms with Crippen LogP contribution in [0.15, 0.2) is 24.3 Å². The molecule has 0 radical (unpaired) electrons. The van der Waals surface area contributed by atoms with Crippen molar-refractivity contribution >= 4 is 16.9 Å². The molecule has 1 N–H and O–H groups in total. The molecular weight excluding hydrogens is 204 g/mol. The topological polar surface area (TPSA) is 66.0 Å². The Morgan fingerprint density at radius 3 is 2.88 bits per heavy atom. The Morgan fingerprint density at radius 2 is 2.31 bits per heavy atom. The van der Waals surface area contributed by atoms with Crippen molar-refractivity contribution in [1.29, 1.82) is 5.26 Å². The predicted molar refractivity (Wildman–Crippen MR) is 59.3 cm³/mol. The van der Waals surface area contributed by atoms with Crippen molar-refractivity contribution in [1.82, 2.24) is 4.57 Å². The molecule has 0 fully saturated rings. The summed E-state index contributed by atoms with van der Waals surface area (Å²) in [6.07, 6.45) is 0. The Labute approximate surface area is 92.3 Å². The summed E-state index contributed by atoms with van der Waals surface area (Å²) in [4.78, 5) is 11.0. The summed E-state index contributed by atoms with van der Waals surface area (Å²) in [6, 6.07) is 8.95. The summed E-state index contributed by atoms with van der Waals surface area (Å²) in [5.41, 5.74) is 1.43. The molecule has 0 amide bonds. The van der Waals surface area contributed by atoms with Crippen molar-refractivity contribution in [2.75, 3.05) is 0 Å². The standard InChI is InChI=1S/C12H10N2O2/c1-2-14-10(12(15)16)6-8-4-3-5-9(7-13)11(8)14/h3-6H,2H2,1H3,(H,15,16). The van der Waals surface area contributed by atoms with Crippen molar-refractivity contribution < 1.29 is 9.90 Å². The van der Waals surface area contributed by atoms with Crippen molar-refractivity contribution in [3.8, 4) is 6.07 Å². The molecule has 4 heteroatoms. The van der Waals surface area contributed by atoms with E-state index in [0.29, 0.717) is 17.6 Å². The van der Waals surface area contributed by atoms with Crippen LogP contribution >= 0.6 is 0 Å². The number of carboxylic acid groups (broad SMARTS) is 1. The molecule has 0 atom stereocenters. The van der Waals surface area contributed by atoms with Gasteiger partial charge >= 0.3 is 5.97 Å². The van der Waals surface area contributed by atoms with E-state index in [1.165, 1.54) is 0 Å². The second kappa shape index (κ2) is 3.70. The highest BCUT2D eigenvalue weighted by atomic mass is 16.4. The SMILES string of the molecule is CCn1c(C(=O)O)cc2cccc(C#N)c21. The lowest BCUT2D eigenvalue weighted by atomic mass is 10.1. The summed E-state index contributed by atoms with van der Waals surface area (Å²) in [5.74, 6) is -0.970. The van der Waals surface area contributed by atoms with Gasteiger partial charge in [0.1, 0.15) is 11.8 Å². The number of aryl methyl sites for hydroxylation is 1. The van der Waals surface area contributed by atoms with E-state index < -0.39 is 5.97 Å². The number of rotatable bonds is 2. The van der Waals surface area contributed by atoms with Crippen molar-refractivity contribution in [2.45, 2.75) is 13.5 Å². The number of hydrogen-bond donors (Lipinski definition) is 1. The maximum absolute atomic E-state index is 11.0. The molecule has 4 nitrogen and oxygen atoms in total. The van der Waals surface area contributed by atoms with Crippen molar-refractivity contribution in [3.63, 3.8) is 0 Å². The quantitative estimate of drug-likeness (QED) is 0.833. The monoisotopic (exact) mass is 214 g/mol. The fourth-order valence-corrected chi connectivity index (χ4v) is 1.92. The zero-order valence-corrected chi connectivity index (χ0v) is 8.77. The number of benzene rings is 1. The van der Waals surface area contributed by atoms with E-state index in [4.69, 9.17) is 10.4 Å². The summed E-state index contributed by atoms with van der Waals surface area (Å²) >= 11 is 0. The van der Waals surface area contributed by atoms with Crippen LogP contribution in [0.3, 0.4) is 0 Å². The number of carbonyl (C=O) groups is 1. The number of carboxylic acids is 1. The molecule has 0 aliphatic rings. The van der Waals surface area contributed by atoms with Crippen LogP contribution in [0.25, 0.3) is 10.9 Å². The fourth-order valence-electron chi connectivity index (χ4n) is 1.92. The van der Waals surface area contributed by atoms with Gasteiger partial charge in [0, 0.05) is 11.9 Å². The second-order valence-electron chi connectivity index (χ2n) is 3.43. The molecule has 0 bridgehead atoms. The summed E-state index contributed by atoms with van der Waals surface area (Å²) < 4.78 is 1.65. The van der Waals surface area contributed by atoms with Gasteiger partial charge in [-0.25, -0.2) is 4.79 Å². The number of aromatic carboxylic acids is 1. The van der Waals surface area contributed by atoms with Gasteiger partial charge in [-0.1, -0.05) is 12.1 Å². The molecule has 0 saturated carbocycles. The Balaban J connectivity index is 2.90. The molecule has 1 aromatic carbocycles. The average molecular weight is 214 g/mol. The van der Waals surface area contributed by atoms with Gasteiger partial charge < -0.3 is 9.67 Å². The largest absolute Gasteiger partial charge is 0.477 e. The highest BCUT2D eigenvalue weighted by molar-refractivity contribution is 5.96. The first-order chi connectivity index (χ1) is 7.69. The lowest BCUT2D eigenvalue weighted by Crippen LogP contribution is -2.07. The second-order valence-corrected chi connectivity index (χ2v) is 3.43. The van der Waals surface area contributed by atoms with Crippen LogP contribution in [0.5, 0.6) is 0 Å². The molecule has 0 spiro atoms. The lowest BCUT2D eigenvalue weighted by molar-refractivity contribution is 0.0686. The highest BCUT2D eigenvalue weighted by Gasteiger charge is 2.15. The third kappa shape index (κ3) is 1.34. The molecule has 1 aromatic heterocycles. The number of nitriles is 1. The average Bonchev–Trinajstić information content (AvgIpc) is 2.67. The Morgan fingerprint density at radius 1 is 1.56 bits per heavy atom. The van der Waals surface area contributed by atoms with Crippen LogP contribution in [-0.2, 0) is 6.54 Å². The molecule has 16 heavy (non-hydrogen) atoms. The van der Waals surface area contributed by atoms with Crippen LogP contribution in [-0.4, -0.2) is 15.6 Å². The van der Waals surface area contributed by atoms with Gasteiger partial charge in [-0.05, 0) is 19.1 Å². The van der Waals surface area contributed by atoms with E-state index in [2.05, 4.69) is 6.07 Å². The number of nitrogens with zero attached hydrogens (tertiary/aromatic N) is 2. The zero-order chi connectivity index (χ0) is 11.7. The molecule has 0 unspecified atom stereocenters. The van der Waals surface area contributed by atoms with Crippen LogP contribution in [0.4, 0.5) is 0 Å². The molecule has 0 saturated heterocycles. The molecule has 80 valence electrons. The highest BCUT2D eigenvalue weighted by Crippen LogP contribution is 2.23. The van der Waals surface area contributed by atoms with E-state index in [1.807, 2.05) is 13.0 Å². The maximum atomic E-state index is 11.0. The lowest BCUT2D eigenvalue weighted by Gasteiger charge is -2.04. The molecule has 0 aliphatic carbocycles. The van der Waals surface area contributed by atoms with Gasteiger partial charge in [0.15, 0.2) is 0 Å². The fraction of sp³-hybridized carbons (Fsp3) is 0.167. The normalized spacial score (nSPS) is 10.2. The third-order valence-electron chi connectivity index (χ3n) is 2.58. The minimum atomic E-state index is -0.970. The van der Waals surface area contributed by atoms with Gasteiger partial charge in [0.2, 0.25) is 0 Å². The van der Waals surface area contributed by atoms with Gasteiger partial charge in [-0.15, -0.1) is 0 Å². The Hall–Kier alpha value is -2.28. The van der Waals surface area contributed by atoms with Crippen LogP contribution in [0.1, 0.15) is 23.0 Å². The predicted octanol–water partition coefficient (Wildman–Crippen LogP) is 2.23. The third-order valence-corrected chi connectivity index (χ3v) is 2.58. The van der Waals surface area contributed by atoms with E-state index in [0.717, 1.165) is 5.39 Å². The molecule has 1 heterocycles. The number of para-hydroxylation sites is 1. The first-order valence-corrected chi connectivity index (χ1v) is 4.94. The van der Waals surface area contributed by atoms with E-state index >= 15 is 0 Å². The van der Waals surface area contributed by atoms with Crippen LogP contribution in [0, 0.1) is 11.3 Å². The van der Waals surface area contributed by atoms with Crippen LogP contribution in [0.2, 0.25) is 0 Å². The summed E-state index contributed by atoms with van der Waals surface area (Å²) in [7, 11) is 0. The summed E-state index contributed by atoms with van der Waals surface area (Å²) in [6.45, 7) is 2.39. The van der Waals surface area contributed by atoms with Crippen molar-refractivity contribution in [3.05, 3.63) is 35.5 Å². The minimum absolute atomic E-state index is 0.222. The molecular formula is C12H10N2O2. The molecule has 0 aliphatic heterocycles. The van der Waals surface area contributed by atoms with E-state index in [9.17, 15) is 4.79 Å². The smallest absolute Gasteiger partial charge is 0.352 e. The Bertz CT molecular complexity index is 605. The maximum Gasteiger partial charge on any atom is 0.352 e. The van der Waals surface area contributed by atoms with Gasteiger partial charge in [0.25, 0.3) is 0 Å². The molecule has 2 aromatic rings. The number of fused-ring (bicyclic) bond motifs is 1. The van der Waals surface area contributed by atoms with E-state index in [1.54, 1.807) is 22.8 Å². The Kier molecular flexibility index (Phi) is 2.37.